The zero-order valence-corrected chi connectivity index (χ0v) is 13.1. The first-order valence-corrected chi connectivity index (χ1v) is 7.96. The summed E-state index contributed by atoms with van der Waals surface area (Å²) in [7, 11) is 2.13. The molecule has 0 aromatic rings. The first-order valence-electron chi connectivity index (χ1n) is 7.96. The Kier molecular flexibility index (Phi) is 5.46. The lowest BCUT2D eigenvalue weighted by atomic mass is 9.80. The fourth-order valence-electron chi connectivity index (χ4n) is 3.33. The largest absolute Gasteiger partial charge is 0.338 e. The third-order valence-corrected chi connectivity index (χ3v) is 4.90. The van der Waals surface area contributed by atoms with Crippen LogP contribution in [0.5, 0.6) is 0 Å². The third-order valence-electron chi connectivity index (χ3n) is 4.90. The molecule has 2 atom stereocenters. The van der Waals surface area contributed by atoms with Crippen LogP contribution in [-0.2, 0) is 0 Å². The number of rotatable bonds is 3. The van der Waals surface area contributed by atoms with Crippen molar-refractivity contribution in [3.05, 3.63) is 11.6 Å². The van der Waals surface area contributed by atoms with E-state index < -0.39 is 0 Å². The van der Waals surface area contributed by atoms with Crippen LogP contribution < -0.4 is 10.6 Å². The van der Waals surface area contributed by atoms with Gasteiger partial charge in [0.25, 0.3) is 0 Å². The van der Waals surface area contributed by atoms with E-state index in [9.17, 15) is 4.79 Å². The predicted molar refractivity (Wildman–Crippen MR) is 82.7 cm³/mol. The number of amides is 2. The summed E-state index contributed by atoms with van der Waals surface area (Å²) in [4.78, 5) is 14.3. The summed E-state index contributed by atoms with van der Waals surface area (Å²) in [5, 5.41) is 6.18. The monoisotopic (exact) mass is 279 g/mol. The summed E-state index contributed by atoms with van der Waals surface area (Å²) >= 11 is 0. The lowest BCUT2D eigenvalue weighted by Gasteiger charge is -2.31. The molecule has 114 valence electrons. The summed E-state index contributed by atoms with van der Waals surface area (Å²) in [6.07, 6.45) is 6.86. The van der Waals surface area contributed by atoms with Crippen molar-refractivity contribution < 1.29 is 4.79 Å². The van der Waals surface area contributed by atoms with E-state index in [2.05, 4.69) is 42.5 Å². The van der Waals surface area contributed by atoms with E-state index in [1.165, 1.54) is 18.4 Å². The van der Waals surface area contributed by atoms with Gasteiger partial charge in [-0.05, 0) is 64.6 Å². The SMILES string of the molecule is CC1=CCCC(C)C1CNC(=O)NC1CCN(C)CC1. The van der Waals surface area contributed by atoms with Gasteiger partial charge in [0.15, 0.2) is 0 Å². The minimum absolute atomic E-state index is 0.00475. The Morgan fingerprint density at radius 1 is 1.35 bits per heavy atom. The van der Waals surface area contributed by atoms with Crippen molar-refractivity contribution >= 4 is 6.03 Å². The third kappa shape index (κ3) is 4.23. The number of likely N-dealkylation sites (tertiary alicyclic amines) is 1. The summed E-state index contributed by atoms with van der Waals surface area (Å²) in [5.41, 5.74) is 1.43. The smallest absolute Gasteiger partial charge is 0.315 e. The maximum absolute atomic E-state index is 12.0. The molecule has 1 aliphatic carbocycles. The molecular weight excluding hydrogens is 250 g/mol. The summed E-state index contributed by atoms with van der Waals surface area (Å²) in [6, 6.07) is 0.344. The first kappa shape index (κ1) is 15.4. The molecule has 0 bridgehead atoms. The number of carbonyl (C=O) groups is 1. The number of nitrogens with zero attached hydrogens (tertiary/aromatic N) is 1. The Balaban J connectivity index is 1.72. The van der Waals surface area contributed by atoms with Crippen LogP contribution in [0.15, 0.2) is 11.6 Å². The Morgan fingerprint density at radius 2 is 2.05 bits per heavy atom. The van der Waals surface area contributed by atoms with E-state index >= 15 is 0 Å². The van der Waals surface area contributed by atoms with Crippen molar-refractivity contribution in [3.63, 3.8) is 0 Å². The fourth-order valence-corrected chi connectivity index (χ4v) is 3.33. The molecule has 2 unspecified atom stereocenters. The standard InChI is InChI=1S/C16H29N3O/c1-12-5-4-6-13(2)15(12)11-17-16(20)18-14-7-9-19(3)10-8-14/h5,13-15H,4,6-11H2,1-3H3,(H2,17,18,20). The zero-order chi connectivity index (χ0) is 14.5. The van der Waals surface area contributed by atoms with Crippen molar-refractivity contribution in [1.29, 1.82) is 0 Å². The molecule has 4 heteroatoms. The number of carbonyl (C=O) groups excluding carboxylic acids is 1. The topological polar surface area (TPSA) is 44.4 Å². The molecule has 2 amide bonds. The van der Waals surface area contributed by atoms with Crippen molar-refractivity contribution in [2.24, 2.45) is 11.8 Å². The Bertz CT molecular complexity index is 359. The molecule has 20 heavy (non-hydrogen) atoms. The molecule has 0 saturated carbocycles. The lowest BCUT2D eigenvalue weighted by molar-refractivity contribution is 0.211. The number of urea groups is 1. The van der Waals surface area contributed by atoms with Crippen molar-refractivity contribution in [2.45, 2.75) is 45.6 Å². The number of allylic oxidation sites excluding steroid dienone is 1. The molecule has 1 aliphatic heterocycles. The lowest BCUT2D eigenvalue weighted by Crippen LogP contribution is -2.48. The highest BCUT2D eigenvalue weighted by atomic mass is 16.2. The molecule has 1 saturated heterocycles. The van der Waals surface area contributed by atoms with Crippen LogP contribution in [0.25, 0.3) is 0 Å². The second kappa shape index (κ2) is 7.11. The molecule has 0 aromatic heterocycles. The van der Waals surface area contributed by atoms with Crippen LogP contribution in [0.2, 0.25) is 0 Å². The average Bonchev–Trinajstić information content (AvgIpc) is 2.41. The Hall–Kier alpha value is -1.03. The van der Waals surface area contributed by atoms with Gasteiger partial charge in [0.05, 0.1) is 0 Å². The highest BCUT2D eigenvalue weighted by molar-refractivity contribution is 5.74. The van der Waals surface area contributed by atoms with Crippen LogP contribution in [0.1, 0.15) is 39.5 Å². The minimum Gasteiger partial charge on any atom is -0.338 e. The summed E-state index contributed by atoms with van der Waals surface area (Å²) in [5.74, 6) is 1.18. The van der Waals surface area contributed by atoms with E-state index in [0.717, 1.165) is 32.5 Å². The molecule has 2 rings (SSSR count). The predicted octanol–water partition coefficient (Wildman–Crippen LogP) is 2.37. The highest BCUT2D eigenvalue weighted by Gasteiger charge is 2.23. The number of hydrogen-bond donors (Lipinski definition) is 2. The van der Waals surface area contributed by atoms with E-state index in [1.807, 2.05) is 0 Å². The molecule has 0 spiro atoms. The quantitative estimate of drug-likeness (QED) is 0.779. The number of piperidine rings is 1. The van der Waals surface area contributed by atoms with Gasteiger partial charge in [-0.3, -0.25) is 0 Å². The molecule has 1 heterocycles. The van der Waals surface area contributed by atoms with Gasteiger partial charge in [0, 0.05) is 12.6 Å². The van der Waals surface area contributed by atoms with E-state index in [4.69, 9.17) is 0 Å². The van der Waals surface area contributed by atoms with E-state index in [0.29, 0.717) is 17.9 Å². The van der Waals surface area contributed by atoms with Gasteiger partial charge in [-0.25, -0.2) is 4.79 Å². The van der Waals surface area contributed by atoms with Crippen LogP contribution >= 0.6 is 0 Å². The van der Waals surface area contributed by atoms with Gasteiger partial charge in [-0.15, -0.1) is 0 Å². The first-order chi connectivity index (χ1) is 9.56. The van der Waals surface area contributed by atoms with Gasteiger partial charge in [0.1, 0.15) is 0 Å². The molecule has 1 fully saturated rings. The van der Waals surface area contributed by atoms with E-state index in [1.54, 1.807) is 0 Å². The number of nitrogens with one attached hydrogen (secondary N) is 2. The maximum atomic E-state index is 12.0. The fraction of sp³-hybridized carbons (Fsp3) is 0.812. The summed E-state index contributed by atoms with van der Waals surface area (Å²) < 4.78 is 0. The zero-order valence-electron chi connectivity index (χ0n) is 13.1. The molecule has 0 radical (unpaired) electrons. The van der Waals surface area contributed by atoms with Gasteiger partial charge in [-0.1, -0.05) is 18.6 Å². The molecular formula is C16H29N3O. The summed E-state index contributed by atoms with van der Waals surface area (Å²) in [6.45, 7) is 7.40. The van der Waals surface area contributed by atoms with Crippen LogP contribution in [-0.4, -0.2) is 43.7 Å². The highest BCUT2D eigenvalue weighted by Crippen LogP contribution is 2.29. The van der Waals surface area contributed by atoms with Crippen LogP contribution in [0.3, 0.4) is 0 Å². The average molecular weight is 279 g/mol. The maximum Gasteiger partial charge on any atom is 0.315 e. The molecule has 0 aromatic carbocycles. The van der Waals surface area contributed by atoms with Crippen molar-refractivity contribution in [2.75, 3.05) is 26.7 Å². The van der Waals surface area contributed by atoms with E-state index in [-0.39, 0.29) is 6.03 Å². The Morgan fingerprint density at radius 3 is 2.70 bits per heavy atom. The van der Waals surface area contributed by atoms with Crippen LogP contribution in [0, 0.1) is 11.8 Å². The van der Waals surface area contributed by atoms with Crippen molar-refractivity contribution in [3.8, 4) is 0 Å². The van der Waals surface area contributed by atoms with Crippen LogP contribution in [0.4, 0.5) is 4.79 Å². The minimum atomic E-state index is 0.00475. The molecule has 4 nitrogen and oxygen atoms in total. The Labute approximate surface area is 123 Å². The van der Waals surface area contributed by atoms with Gasteiger partial charge < -0.3 is 15.5 Å². The normalized spacial score (nSPS) is 28.9. The van der Waals surface area contributed by atoms with Gasteiger partial charge in [-0.2, -0.15) is 0 Å². The molecule has 2 aliphatic rings. The number of hydrogen-bond acceptors (Lipinski definition) is 2. The second-order valence-electron chi connectivity index (χ2n) is 6.54. The molecule has 2 N–H and O–H groups in total. The van der Waals surface area contributed by atoms with Crippen molar-refractivity contribution in [1.82, 2.24) is 15.5 Å². The van der Waals surface area contributed by atoms with Gasteiger partial charge in [0.2, 0.25) is 0 Å². The van der Waals surface area contributed by atoms with Gasteiger partial charge >= 0.3 is 6.03 Å². The second-order valence-corrected chi connectivity index (χ2v) is 6.54.